The number of alkyl carbamates (subject to hydrolysis) is 1. The van der Waals surface area contributed by atoms with Crippen LogP contribution < -0.4 is 5.32 Å². The molecule has 5 nitrogen and oxygen atoms in total. The minimum absolute atomic E-state index is 0.127. The first-order valence-electron chi connectivity index (χ1n) is 8.42. The van der Waals surface area contributed by atoms with Gasteiger partial charge < -0.3 is 19.2 Å². The normalized spacial score (nSPS) is 21.5. The molecule has 1 aliphatic heterocycles. The van der Waals surface area contributed by atoms with Gasteiger partial charge in [-0.25, -0.2) is 4.79 Å². The quantitative estimate of drug-likeness (QED) is 0.761. The molecular weight excluding hydrogens is 322 g/mol. The van der Waals surface area contributed by atoms with Gasteiger partial charge in [0.05, 0.1) is 25.9 Å². The molecule has 24 heavy (non-hydrogen) atoms. The van der Waals surface area contributed by atoms with Crippen molar-refractivity contribution in [2.45, 2.75) is 57.7 Å². The van der Waals surface area contributed by atoms with E-state index >= 15 is 0 Å². The van der Waals surface area contributed by atoms with Crippen molar-refractivity contribution in [3.8, 4) is 0 Å². The van der Waals surface area contributed by atoms with E-state index < -0.39 is 14.4 Å². The number of cyclic esters (lactones) is 1. The summed E-state index contributed by atoms with van der Waals surface area (Å²) in [6, 6.07) is 9.79. The molecule has 0 saturated carbocycles. The fourth-order valence-corrected chi connectivity index (χ4v) is 3.20. The molecule has 0 aliphatic carbocycles. The van der Waals surface area contributed by atoms with Crippen molar-refractivity contribution >= 4 is 14.4 Å². The fraction of sp³-hybridized carbons (Fsp3) is 0.611. The van der Waals surface area contributed by atoms with Crippen LogP contribution in [0.15, 0.2) is 30.3 Å². The molecule has 0 unspecified atom stereocenters. The second-order valence-electron chi connectivity index (χ2n) is 7.77. The number of amides is 1. The van der Waals surface area contributed by atoms with Gasteiger partial charge in [-0.3, -0.25) is 0 Å². The van der Waals surface area contributed by atoms with Gasteiger partial charge in [-0.1, -0.05) is 51.1 Å². The maximum absolute atomic E-state index is 11.6. The Kier molecular flexibility index (Phi) is 6.06. The van der Waals surface area contributed by atoms with Gasteiger partial charge in [-0.05, 0) is 23.7 Å². The van der Waals surface area contributed by atoms with Crippen LogP contribution in [0.4, 0.5) is 4.79 Å². The zero-order valence-corrected chi connectivity index (χ0v) is 16.3. The third-order valence-corrected chi connectivity index (χ3v) is 9.33. The monoisotopic (exact) mass is 351 g/mol. The van der Waals surface area contributed by atoms with Gasteiger partial charge in [0.1, 0.15) is 6.10 Å². The van der Waals surface area contributed by atoms with Crippen LogP contribution in [0.2, 0.25) is 18.1 Å². The Morgan fingerprint density at radius 3 is 2.46 bits per heavy atom. The van der Waals surface area contributed by atoms with Crippen LogP contribution in [0.5, 0.6) is 0 Å². The Bertz CT molecular complexity index is 542. The molecule has 0 aromatic heterocycles. The Morgan fingerprint density at radius 2 is 1.83 bits per heavy atom. The summed E-state index contributed by atoms with van der Waals surface area (Å²) < 4.78 is 17.3. The predicted octanol–water partition coefficient (Wildman–Crippen LogP) is 3.70. The topological polar surface area (TPSA) is 56.8 Å². The molecule has 1 amide bonds. The molecule has 2 rings (SSSR count). The van der Waals surface area contributed by atoms with Crippen LogP contribution in [0.3, 0.4) is 0 Å². The van der Waals surface area contributed by atoms with Gasteiger partial charge in [0.2, 0.25) is 0 Å². The number of carbonyl (C=O) groups is 1. The SMILES string of the molecule is CC(C)(C)[Si](C)(C)OC[C@@H]1OC(=O)N[C@H]1COCc1ccccc1. The van der Waals surface area contributed by atoms with Crippen LogP contribution in [-0.2, 0) is 20.5 Å². The first kappa shape index (κ1) is 19.0. The lowest BCUT2D eigenvalue weighted by Crippen LogP contribution is -2.45. The average Bonchev–Trinajstić information content (AvgIpc) is 2.85. The highest BCUT2D eigenvalue weighted by Crippen LogP contribution is 2.36. The van der Waals surface area contributed by atoms with Crippen molar-refractivity contribution in [1.29, 1.82) is 0 Å². The third-order valence-electron chi connectivity index (χ3n) is 4.83. The number of ether oxygens (including phenoxy) is 2. The zero-order valence-electron chi connectivity index (χ0n) is 15.3. The lowest BCUT2D eigenvalue weighted by molar-refractivity contribution is 0.0476. The van der Waals surface area contributed by atoms with Gasteiger partial charge in [0.25, 0.3) is 0 Å². The predicted molar refractivity (Wildman–Crippen MR) is 96.4 cm³/mol. The summed E-state index contributed by atoms with van der Waals surface area (Å²) in [5.74, 6) is 0. The first-order valence-corrected chi connectivity index (χ1v) is 11.3. The molecule has 0 radical (unpaired) electrons. The Morgan fingerprint density at radius 1 is 1.17 bits per heavy atom. The maximum atomic E-state index is 11.6. The number of carbonyl (C=O) groups excluding carboxylic acids is 1. The molecule has 6 heteroatoms. The van der Waals surface area contributed by atoms with Crippen LogP contribution in [0.1, 0.15) is 26.3 Å². The Hall–Kier alpha value is -1.37. The molecule has 1 saturated heterocycles. The molecule has 1 fully saturated rings. The third kappa shape index (κ3) is 5.06. The summed E-state index contributed by atoms with van der Waals surface area (Å²) in [5, 5.41) is 2.94. The Labute approximate surface area is 145 Å². The summed E-state index contributed by atoms with van der Waals surface area (Å²) in [6.45, 7) is 12.3. The van der Waals surface area contributed by atoms with Crippen molar-refractivity contribution in [2.75, 3.05) is 13.2 Å². The van der Waals surface area contributed by atoms with Gasteiger partial charge >= 0.3 is 6.09 Å². The number of hydrogen-bond donors (Lipinski definition) is 1. The molecule has 134 valence electrons. The highest BCUT2D eigenvalue weighted by Gasteiger charge is 2.40. The van der Waals surface area contributed by atoms with Gasteiger partial charge in [-0.2, -0.15) is 0 Å². The van der Waals surface area contributed by atoms with E-state index in [1.807, 2.05) is 30.3 Å². The smallest absolute Gasteiger partial charge is 0.407 e. The zero-order chi connectivity index (χ0) is 17.8. The molecule has 0 bridgehead atoms. The summed E-state index contributed by atoms with van der Waals surface area (Å²) in [4.78, 5) is 11.6. The second kappa shape index (κ2) is 7.67. The van der Waals surface area contributed by atoms with Gasteiger partial charge in [0.15, 0.2) is 8.32 Å². The van der Waals surface area contributed by atoms with Crippen LogP contribution in [0, 0.1) is 0 Å². The van der Waals surface area contributed by atoms with E-state index in [2.05, 4.69) is 39.2 Å². The molecule has 1 aliphatic rings. The van der Waals surface area contributed by atoms with E-state index in [9.17, 15) is 4.79 Å². The highest BCUT2D eigenvalue weighted by atomic mass is 28.4. The van der Waals surface area contributed by atoms with E-state index in [0.717, 1.165) is 5.56 Å². The van der Waals surface area contributed by atoms with Crippen molar-refractivity contribution in [1.82, 2.24) is 5.32 Å². The fourth-order valence-electron chi connectivity index (χ4n) is 2.18. The number of rotatable bonds is 7. The van der Waals surface area contributed by atoms with Crippen molar-refractivity contribution < 1.29 is 18.7 Å². The largest absolute Gasteiger partial charge is 0.442 e. The molecule has 0 spiro atoms. The summed E-state index contributed by atoms with van der Waals surface area (Å²) >= 11 is 0. The van der Waals surface area contributed by atoms with Crippen LogP contribution in [0.25, 0.3) is 0 Å². The molecular formula is C18H29NO4Si. The molecule has 1 aromatic carbocycles. The Balaban J connectivity index is 1.84. The van der Waals surface area contributed by atoms with E-state index in [1.165, 1.54) is 0 Å². The minimum Gasteiger partial charge on any atom is -0.442 e. The molecule has 1 N–H and O–H groups in total. The van der Waals surface area contributed by atoms with Crippen molar-refractivity contribution in [3.05, 3.63) is 35.9 Å². The molecule has 1 aromatic rings. The number of nitrogens with one attached hydrogen (secondary N) is 1. The van der Waals surface area contributed by atoms with Gasteiger partial charge in [0, 0.05) is 0 Å². The lowest BCUT2D eigenvalue weighted by atomic mass is 10.2. The molecule has 2 atom stereocenters. The summed E-state index contributed by atoms with van der Waals surface area (Å²) in [6.07, 6.45) is -0.699. The van der Waals surface area contributed by atoms with E-state index in [-0.39, 0.29) is 17.2 Å². The van der Waals surface area contributed by atoms with Gasteiger partial charge in [-0.15, -0.1) is 0 Å². The number of hydrogen-bond acceptors (Lipinski definition) is 4. The second-order valence-corrected chi connectivity index (χ2v) is 12.6. The van der Waals surface area contributed by atoms with Crippen molar-refractivity contribution in [2.24, 2.45) is 0 Å². The lowest BCUT2D eigenvalue weighted by Gasteiger charge is -2.37. The summed E-state index contributed by atoms with van der Waals surface area (Å²) in [7, 11) is -1.87. The van der Waals surface area contributed by atoms with Crippen molar-refractivity contribution in [3.63, 3.8) is 0 Å². The van der Waals surface area contributed by atoms with Crippen LogP contribution in [-0.4, -0.2) is 39.8 Å². The average molecular weight is 352 g/mol. The molecule has 1 heterocycles. The van der Waals surface area contributed by atoms with E-state index in [1.54, 1.807) is 0 Å². The first-order chi connectivity index (χ1) is 11.2. The maximum Gasteiger partial charge on any atom is 0.407 e. The minimum atomic E-state index is -1.87. The number of benzene rings is 1. The highest BCUT2D eigenvalue weighted by molar-refractivity contribution is 6.74. The standard InChI is InChI=1S/C18H29NO4Si/c1-18(2,3)24(4,5)22-13-16-15(19-17(20)23-16)12-21-11-14-9-7-6-8-10-14/h6-10,15-16H,11-13H2,1-5H3,(H,19,20)/t15-,16-/m0/s1. The van der Waals surface area contributed by atoms with E-state index in [4.69, 9.17) is 13.9 Å². The summed E-state index contributed by atoms with van der Waals surface area (Å²) in [5.41, 5.74) is 1.11. The van der Waals surface area contributed by atoms with Crippen LogP contribution >= 0.6 is 0 Å². The van der Waals surface area contributed by atoms with E-state index in [0.29, 0.717) is 19.8 Å².